The van der Waals surface area contributed by atoms with E-state index in [0.29, 0.717) is 42.8 Å². The van der Waals surface area contributed by atoms with Gasteiger partial charge in [0.15, 0.2) is 11.0 Å². The van der Waals surface area contributed by atoms with Crippen molar-refractivity contribution >= 4 is 27.7 Å². The van der Waals surface area contributed by atoms with E-state index in [0.717, 1.165) is 38.5 Å². The molecule has 1 aliphatic heterocycles. The maximum Gasteiger partial charge on any atom is 0.243 e. The number of benzene rings is 2. The number of sulfonamides is 1. The first-order valence-electron chi connectivity index (χ1n) is 14.0. The van der Waals surface area contributed by atoms with Crippen LogP contribution in [0.1, 0.15) is 50.6 Å². The van der Waals surface area contributed by atoms with E-state index in [1.165, 1.54) is 21.6 Å². The van der Waals surface area contributed by atoms with E-state index < -0.39 is 10.0 Å². The molecule has 40 heavy (non-hydrogen) atoms. The van der Waals surface area contributed by atoms with E-state index in [9.17, 15) is 13.2 Å². The normalized spacial score (nSPS) is 17.6. The summed E-state index contributed by atoms with van der Waals surface area (Å²) in [6.07, 6.45) is 6.04. The van der Waals surface area contributed by atoms with E-state index in [1.54, 1.807) is 18.2 Å². The van der Waals surface area contributed by atoms with Crippen LogP contribution in [0.3, 0.4) is 0 Å². The van der Waals surface area contributed by atoms with Crippen molar-refractivity contribution in [2.75, 3.05) is 32.1 Å². The van der Waals surface area contributed by atoms with Crippen molar-refractivity contribution in [2.24, 2.45) is 0 Å². The summed E-state index contributed by atoms with van der Waals surface area (Å²) < 4.78 is 35.5. The van der Waals surface area contributed by atoms with E-state index in [2.05, 4.69) is 32.2 Å². The lowest BCUT2D eigenvalue weighted by molar-refractivity contribution is -0.119. The first-order chi connectivity index (χ1) is 19.4. The zero-order chi connectivity index (χ0) is 28.0. The lowest BCUT2D eigenvalue weighted by atomic mass is 10.1. The third kappa shape index (κ3) is 6.94. The first kappa shape index (κ1) is 28.8. The van der Waals surface area contributed by atoms with Gasteiger partial charge in [-0.15, -0.1) is 10.2 Å². The van der Waals surface area contributed by atoms with Crippen molar-refractivity contribution in [3.05, 3.63) is 60.2 Å². The molecule has 3 aromatic rings. The number of nitrogens with one attached hydrogen (secondary N) is 1. The Morgan fingerprint density at radius 1 is 1.07 bits per heavy atom. The molecule has 9 nitrogen and oxygen atoms in total. The van der Waals surface area contributed by atoms with Gasteiger partial charge in [-0.2, -0.15) is 4.31 Å². The second kappa shape index (κ2) is 13.3. The maximum absolute atomic E-state index is 13.3. The highest BCUT2D eigenvalue weighted by Crippen LogP contribution is 2.37. The number of nitrogens with zero attached hydrogens (tertiary/aromatic N) is 4. The second-order valence-corrected chi connectivity index (χ2v) is 13.3. The molecule has 0 bridgehead atoms. The molecule has 2 aromatic carbocycles. The Labute approximate surface area is 240 Å². The molecule has 11 heteroatoms. The molecule has 1 saturated heterocycles. The van der Waals surface area contributed by atoms with Gasteiger partial charge < -0.3 is 10.1 Å². The number of hydrogen-bond acceptors (Lipinski definition) is 7. The van der Waals surface area contributed by atoms with Crippen LogP contribution in [0.2, 0.25) is 0 Å². The number of hydrogen-bond donors (Lipinski definition) is 1. The van der Waals surface area contributed by atoms with Crippen LogP contribution >= 0.6 is 11.8 Å². The third-order valence-electron chi connectivity index (χ3n) is 7.50. The quantitative estimate of drug-likeness (QED) is 0.335. The highest BCUT2D eigenvalue weighted by atomic mass is 32.2. The molecule has 214 valence electrons. The summed E-state index contributed by atoms with van der Waals surface area (Å²) in [6.45, 7) is 3.52. The Kier molecular flexibility index (Phi) is 9.56. The van der Waals surface area contributed by atoms with Gasteiger partial charge in [0.1, 0.15) is 0 Å². The van der Waals surface area contributed by atoms with E-state index in [-0.39, 0.29) is 28.6 Å². The van der Waals surface area contributed by atoms with E-state index in [4.69, 9.17) is 4.74 Å². The molecule has 0 unspecified atom stereocenters. The summed E-state index contributed by atoms with van der Waals surface area (Å²) in [5.74, 6) is 0.850. The minimum atomic E-state index is -3.64. The van der Waals surface area contributed by atoms with E-state index >= 15 is 0 Å². The van der Waals surface area contributed by atoms with Crippen molar-refractivity contribution in [3.63, 3.8) is 0 Å². The zero-order valence-electron chi connectivity index (χ0n) is 22.9. The predicted molar refractivity (Wildman–Crippen MR) is 156 cm³/mol. The number of rotatable bonds is 11. The van der Waals surface area contributed by atoms with Crippen LogP contribution in [0.5, 0.6) is 0 Å². The van der Waals surface area contributed by atoms with Crippen molar-refractivity contribution in [3.8, 4) is 11.4 Å². The predicted octanol–water partition coefficient (Wildman–Crippen LogP) is 4.31. The van der Waals surface area contributed by atoms with Crippen LogP contribution in [0.25, 0.3) is 11.4 Å². The molecule has 1 amide bonds. The van der Waals surface area contributed by atoms with Gasteiger partial charge in [-0.1, -0.05) is 67.1 Å². The third-order valence-corrected chi connectivity index (χ3v) is 10.3. The van der Waals surface area contributed by atoms with Crippen LogP contribution < -0.4 is 5.32 Å². The number of thioether (sulfide) groups is 1. The highest BCUT2D eigenvalue weighted by molar-refractivity contribution is 7.99. The molecular formula is C29H37N5O4S2. The van der Waals surface area contributed by atoms with Gasteiger partial charge in [0.05, 0.1) is 23.9 Å². The molecule has 2 aliphatic rings. The summed E-state index contributed by atoms with van der Waals surface area (Å²) in [7, 11) is -3.64. The number of morpholine rings is 1. The van der Waals surface area contributed by atoms with Gasteiger partial charge in [-0.3, -0.25) is 9.36 Å². The van der Waals surface area contributed by atoms with Gasteiger partial charge in [0, 0.05) is 30.7 Å². The van der Waals surface area contributed by atoms with Crippen molar-refractivity contribution in [2.45, 2.75) is 67.6 Å². The topological polar surface area (TPSA) is 106 Å². The standard InChI is InChI=1S/C29H37N5O4S2/c1-22(14-15-23-8-3-2-4-9-23)30-27(35)21-39-29-32-31-28(34(29)25-11-5-6-12-25)24-10-7-13-26(20-24)40(36,37)33-16-18-38-19-17-33/h2-4,7-10,13,20,22,25H,5-6,11-12,14-19,21H2,1H3,(H,30,35)/t22-/m1/s1. The monoisotopic (exact) mass is 583 g/mol. The van der Waals surface area contributed by atoms with Gasteiger partial charge in [-0.05, 0) is 50.3 Å². The first-order valence-corrected chi connectivity index (χ1v) is 16.4. The molecule has 1 aromatic heterocycles. The zero-order valence-corrected chi connectivity index (χ0v) is 24.5. The highest BCUT2D eigenvalue weighted by Gasteiger charge is 2.29. The number of aryl methyl sites for hydroxylation is 1. The Bertz CT molecular complexity index is 1380. The van der Waals surface area contributed by atoms with Crippen LogP contribution in [-0.4, -0.2) is 71.5 Å². The van der Waals surface area contributed by atoms with Crippen molar-refractivity contribution < 1.29 is 17.9 Å². The maximum atomic E-state index is 13.3. The second-order valence-electron chi connectivity index (χ2n) is 10.4. The average Bonchev–Trinajstić information content (AvgIpc) is 3.66. The van der Waals surface area contributed by atoms with Gasteiger partial charge in [-0.25, -0.2) is 8.42 Å². The molecule has 2 fully saturated rings. The Morgan fingerprint density at radius 2 is 1.82 bits per heavy atom. The van der Waals surface area contributed by atoms with Gasteiger partial charge in [0.2, 0.25) is 15.9 Å². The fraction of sp³-hybridized carbons (Fsp3) is 0.483. The Morgan fingerprint density at radius 3 is 2.58 bits per heavy atom. The fourth-order valence-corrected chi connectivity index (χ4v) is 7.61. The molecule has 5 rings (SSSR count). The van der Waals surface area contributed by atoms with Crippen LogP contribution in [0.15, 0.2) is 64.6 Å². The van der Waals surface area contributed by atoms with E-state index in [1.807, 2.05) is 31.2 Å². The van der Waals surface area contributed by atoms with Crippen molar-refractivity contribution in [1.29, 1.82) is 0 Å². The van der Waals surface area contributed by atoms with Crippen LogP contribution in [-0.2, 0) is 26.0 Å². The minimum Gasteiger partial charge on any atom is -0.379 e. The number of amides is 1. The van der Waals surface area contributed by atoms with Gasteiger partial charge in [0.25, 0.3) is 0 Å². The summed E-state index contributed by atoms with van der Waals surface area (Å²) >= 11 is 1.38. The Balaban J connectivity index is 1.29. The SMILES string of the molecule is C[C@H](CCc1ccccc1)NC(=O)CSc1nnc(-c2cccc(S(=O)(=O)N3CCOCC3)c2)n1C1CCCC1. The molecule has 1 atom stereocenters. The Hall–Kier alpha value is -2.73. The average molecular weight is 584 g/mol. The minimum absolute atomic E-state index is 0.0355. The number of aromatic nitrogens is 3. The number of ether oxygens (including phenoxy) is 1. The summed E-state index contributed by atoms with van der Waals surface area (Å²) in [6, 6.07) is 17.5. The molecule has 2 heterocycles. The lowest BCUT2D eigenvalue weighted by Gasteiger charge is -2.26. The van der Waals surface area contributed by atoms with Crippen LogP contribution in [0.4, 0.5) is 0 Å². The lowest BCUT2D eigenvalue weighted by Crippen LogP contribution is -2.40. The van der Waals surface area contributed by atoms with Gasteiger partial charge >= 0.3 is 0 Å². The molecule has 0 spiro atoms. The molecule has 0 radical (unpaired) electrons. The summed E-state index contributed by atoms with van der Waals surface area (Å²) in [5, 5.41) is 12.8. The fourth-order valence-electron chi connectivity index (χ4n) is 5.34. The molecule has 1 N–H and O–H groups in total. The largest absolute Gasteiger partial charge is 0.379 e. The summed E-state index contributed by atoms with van der Waals surface area (Å²) in [5.41, 5.74) is 1.97. The molecular weight excluding hydrogens is 546 g/mol. The number of carbonyl (C=O) groups is 1. The smallest absolute Gasteiger partial charge is 0.243 e. The molecule has 1 aliphatic carbocycles. The summed E-state index contributed by atoms with van der Waals surface area (Å²) in [4.78, 5) is 13.0. The van der Waals surface area contributed by atoms with Crippen molar-refractivity contribution in [1.82, 2.24) is 24.4 Å². The number of carbonyl (C=O) groups excluding carboxylic acids is 1. The molecule has 1 saturated carbocycles. The van der Waals surface area contributed by atoms with Crippen LogP contribution in [0, 0.1) is 0 Å².